The number of carbonyl (C=O) groups excluding carboxylic acids is 1. The van der Waals surface area contributed by atoms with E-state index < -0.39 is 0 Å². The van der Waals surface area contributed by atoms with Gasteiger partial charge in [-0.25, -0.2) is 4.79 Å². The van der Waals surface area contributed by atoms with Gasteiger partial charge in [0.05, 0.1) is 12.7 Å². The van der Waals surface area contributed by atoms with E-state index in [9.17, 15) is 9.90 Å². The maximum Gasteiger partial charge on any atom is 0.317 e. The van der Waals surface area contributed by atoms with E-state index in [-0.39, 0.29) is 18.2 Å². The summed E-state index contributed by atoms with van der Waals surface area (Å²) in [6.45, 7) is 4.03. The summed E-state index contributed by atoms with van der Waals surface area (Å²) in [6, 6.07) is 8.38. The minimum Gasteiger partial charge on any atom is -0.494 e. The summed E-state index contributed by atoms with van der Waals surface area (Å²) in [5, 5.41) is 12.7. The SMILES string of the molecule is CCOc1ccc(C2=CCN(C(=O)NC3CCC(O)CC3)CC2)cc1. The predicted molar refractivity (Wildman–Crippen MR) is 98.6 cm³/mol. The van der Waals surface area contributed by atoms with Crippen molar-refractivity contribution in [2.24, 2.45) is 0 Å². The second kappa shape index (κ2) is 8.39. The molecule has 1 aliphatic carbocycles. The van der Waals surface area contributed by atoms with Crippen LogP contribution in [-0.4, -0.2) is 47.9 Å². The van der Waals surface area contributed by atoms with Gasteiger partial charge in [-0.1, -0.05) is 18.2 Å². The number of benzene rings is 1. The lowest BCUT2D eigenvalue weighted by atomic mass is 9.93. The van der Waals surface area contributed by atoms with Gasteiger partial charge in [0.1, 0.15) is 5.75 Å². The molecule has 2 aliphatic rings. The molecule has 2 amide bonds. The fourth-order valence-corrected chi connectivity index (χ4v) is 3.53. The van der Waals surface area contributed by atoms with E-state index in [0.29, 0.717) is 13.2 Å². The second-order valence-electron chi connectivity index (χ2n) is 6.84. The molecular weight excluding hydrogens is 316 g/mol. The van der Waals surface area contributed by atoms with E-state index in [2.05, 4.69) is 23.5 Å². The first-order valence-electron chi connectivity index (χ1n) is 9.31. The number of ether oxygens (including phenoxy) is 1. The van der Waals surface area contributed by atoms with Crippen molar-refractivity contribution in [1.82, 2.24) is 10.2 Å². The third-order valence-electron chi connectivity index (χ3n) is 5.06. The molecule has 1 aromatic rings. The van der Waals surface area contributed by atoms with Gasteiger partial charge in [-0.15, -0.1) is 0 Å². The molecule has 3 rings (SSSR count). The van der Waals surface area contributed by atoms with E-state index in [1.54, 1.807) is 0 Å². The van der Waals surface area contributed by atoms with Crippen LogP contribution in [0.15, 0.2) is 30.3 Å². The molecule has 5 nitrogen and oxygen atoms in total. The summed E-state index contributed by atoms with van der Waals surface area (Å²) >= 11 is 0. The Morgan fingerprint density at radius 3 is 2.56 bits per heavy atom. The molecular formula is C20H28N2O3. The van der Waals surface area contributed by atoms with Gasteiger partial charge in [0, 0.05) is 19.1 Å². The summed E-state index contributed by atoms with van der Waals surface area (Å²) in [6.07, 6.45) is 6.12. The molecule has 0 unspecified atom stereocenters. The molecule has 5 heteroatoms. The average Bonchev–Trinajstić information content (AvgIpc) is 2.65. The average molecular weight is 344 g/mol. The normalized spacial score (nSPS) is 23.8. The van der Waals surface area contributed by atoms with Gasteiger partial charge in [-0.3, -0.25) is 0 Å². The standard InChI is InChI=1S/C20H28N2O3/c1-2-25-19-9-3-15(4-10-19)16-11-13-22(14-12-16)20(24)21-17-5-7-18(23)8-6-17/h3-4,9-11,17-18,23H,2,5-8,12-14H2,1H3,(H,21,24). The lowest BCUT2D eigenvalue weighted by molar-refractivity contribution is 0.115. The Bertz CT molecular complexity index is 604. The Morgan fingerprint density at radius 1 is 1.24 bits per heavy atom. The van der Waals surface area contributed by atoms with E-state index in [1.165, 1.54) is 11.1 Å². The lowest BCUT2D eigenvalue weighted by Crippen LogP contribution is -2.47. The number of rotatable bonds is 4. The first-order valence-corrected chi connectivity index (χ1v) is 9.31. The quantitative estimate of drug-likeness (QED) is 0.882. The molecule has 0 spiro atoms. The number of nitrogens with one attached hydrogen (secondary N) is 1. The van der Waals surface area contributed by atoms with E-state index >= 15 is 0 Å². The number of hydrogen-bond acceptors (Lipinski definition) is 3. The molecule has 0 aromatic heterocycles. The first kappa shape index (κ1) is 17.8. The second-order valence-corrected chi connectivity index (χ2v) is 6.84. The molecule has 0 radical (unpaired) electrons. The number of hydrogen-bond donors (Lipinski definition) is 2. The van der Waals surface area contributed by atoms with Crippen LogP contribution < -0.4 is 10.1 Å². The first-order chi connectivity index (χ1) is 12.2. The lowest BCUT2D eigenvalue weighted by Gasteiger charge is -2.31. The molecule has 1 heterocycles. The van der Waals surface area contributed by atoms with E-state index in [4.69, 9.17) is 4.74 Å². The summed E-state index contributed by atoms with van der Waals surface area (Å²) in [7, 11) is 0. The smallest absolute Gasteiger partial charge is 0.317 e. The van der Waals surface area contributed by atoms with Gasteiger partial charge in [0.2, 0.25) is 0 Å². The van der Waals surface area contributed by atoms with Crippen molar-refractivity contribution in [3.8, 4) is 5.75 Å². The Hall–Kier alpha value is -2.01. The van der Waals surface area contributed by atoms with Crippen LogP contribution >= 0.6 is 0 Å². The third kappa shape index (κ3) is 4.75. The molecule has 1 fully saturated rings. The van der Waals surface area contributed by atoms with E-state index in [1.807, 2.05) is 24.0 Å². The van der Waals surface area contributed by atoms with Gasteiger partial charge in [0.25, 0.3) is 0 Å². The highest BCUT2D eigenvalue weighted by Crippen LogP contribution is 2.25. The minimum absolute atomic E-state index is 0.0170. The van der Waals surface area contributed by atoms with Crippen LogP contribution in [0.25, 0.3) is 5.57 Å². The molecule has 0 bridgehead atoms. The zero-order valence-electron chi connectivity index (χ0n) is 14.9. The van der Waals surface area contributed by atoms with Gasteiger partial charge >= 0.3 is 6.03 Å². The summed E-state index contributed by atoms with van der Waals surface area (Å²) in [5.74, 6) is 0.890. The molecule has 1 aromatic carbocycles. The predicted octanol–water partition coefficient (Wildman–Crippen LogP) is 3.19. The highest BCUT2D eigenvalue weighted by molar-refractivity contribution is 5.77. The van der Waals surface area contributed by atoms with Crippen LogP contribution in [0.2, 0.25) is 0 Å². The molecule has 2 N–H and O–H groups in total. The van der Waals surface area contributed by atoms with Crippen molar-refractivity contribution in [2.45, 2.75) is 51.2 Å². The van der Waals surface area contributed by atoms with Crippen LogP contribution in [0.3, 0.4) is 0 Å². The van der Waals surface area contributed by atoms with Crippen molar-refractivity contribution < 1.29 is 14.6 Å². The van der Waals surface area contributed by atoms with E-state index in [0.717, 1.165) is 44.4 Å². The number of amides is 2. The van der Waals surface area contributed by atoms with Crippen LogP contribution in [0, 0.1) is 0 Å². The van der Waals surface area contributed by atoms with Gasteiger partial charge < -0.3 is 20.1 Å². The fraction of sp³-hybridized carbons (Fsp3) is 0.550. The Kier molecular flexibility index (Phi) is 5.97. The zero-order valence-corrected chi connectivity index (χ0v) is 14.9. The number of urea groups is 1. The molecule has 0 atom stereocenters. The zero-order chi connectivity index (χ0) is 17.6. The van der Waals surface area contributed by atoms with Crippen molar-refractivity contribution in [1.29, 1.82) is 0 Å². The van der Waals surface area contributed by atoms with Gasteiger partial charge in [-0.2, -0.15) is 0 Å². The number of aliphatic hydroxyl groups is 1. The summed E-state index contributed by atoms with van der Waals surface area (Å²) in [4.78, 5) is 14.3. The monoisotopic (exact) mass is 344 g/mol. The maximum atomic E-state index is 12.4. The number of nitrogens with zero attached hydrogens (tertiary/aromatic N) is 1. The fourth-order valence-electron chi connectivity index (χ4n) is 3.53. The Morgan fingerprint density at radius 2 is 1.96 bits per heavy atom. The topological polar surface area (TPSA) is 61.8 Å². The molecule has 0 saturated heterocycles. The largest absolute Gasteiger partial charge is 0.494 e. The van der Waals surface area contributed by atoms with Crippen LogP contribution in [0.1, 0.15) is 44.6 Å². The van der Waals surface area contributed by atoms with Crippen LogP contribution in [-0.2, 0) is 0 Å². The van der Waals surface area contributed by atoms with Crippen molar-refractivity contribution >= 4 is 11.6 Å². The van der Waals surface area contributed by atoms with Crippen molar-refractivity contribution in [3.05, 3.63) is 35.9 Å². The number of aliphatic hydroxyl groups excluding tert-OH is 1. The van der Waals surface area contributed by atoms with Crippen molar-refractivity contribution in [3.63, 3.8) is 0 Å². The minimum atomic E-state index is -0.192. The van der Waals surface area contributed by atoms with Gasteiger partial charge in [0.15, 0.2) is 0 Å². The Labute approximate surface area is 149 Å². The molecule has 25 heavy (non-hydrogen) atoms. The number of carbonyl (C=O) groups is 1. The van der Waals surface area contributed by atoms with Gasteiger partial charge in [-0.05, 0) is 62.3 Å². The highest BCUT2D eigenvalue weighted by Gasteiger charge is 2.24. The van der Waals surface area contributed by atoms with Crippen LogP contribution in [0.5, 0.6) is 5.75 Å². The molecule has 1 aliphatic heterocycles. The molecule has 136 valence electrons. The maximum absolute atomic E-state index is 12.4. The van der Waals surface area contributed by atoms with Crippen molar-refractivity contribution in [2.75, 3.05) is 19.7 Å². The summed E-state index contributed by atoms with van der Waals surface area (Å²) < 4.78 is 5.48. The summed E-state index contributed by atoms with van der Waals surface area (Å²) in [5.41, 5.74) is 2.48. The third-order valence-corrected chi connectivity index (χ3v) is 5.06. The highest BCUT2D eigenvalue weighted by atomic mass is 16.5. The Balaban J connectivity index is 1.52. The van der Waals surface area contributed by atoms with Crippen LogP contribution in [0.4, 0.5) is 4.79 Å². The molecule has 1 saturated carbocycles.